The molecule has 0 spiro atoms. The van der Waals surface area contributed by atoms with Crippen molar-refractivity contribution in [3.05, 3.63) is 106 Å². The minimum Gasteiger partial charge on any atom is -0.372 e. The lowest BCUT2D eigenvalue weighted by molar-refractivity contribution is -0.384. The van der Waals surface area contributed by atoms with Gasteiger partial charge in [0.25, 0.3) is 5.69 Å². The fourth-order valence-corrected chi connectivity index (χ4v) is 2.81. The zero-order valence-electron chi connectivity index (χ0n) is 14.0. The summed E-state index contributed by atoms with van der Waals surface area (Å²) in [5.41, 5.74) is 1.90. The summed E-state index contributed by atoms with van der Waals surface area (Å²) in [5.74, 6) is -0.0227. The highest BCUT2D eigenvalue weighted by molar-refractivity contribution is 5.96. The third-order valence-corrected chi connectivity index (χ3v) is 4.12. The second-order valence-corrected chi connectivity index (χ2v) is 5.88. The van der Waals surface area contributed by atoms with Crippen molar-refractivity contribution in [2.75, 3.05) is 5.32 Å². The lowest BCUT2D eigenvalue weighted by atomic mass is 9.97. The van der Waals surface area contributed by atoms with E-state index in [1.54, 1.807) is 30.3 Å². The SMILES string of the molecule is O=C(C[C@@H](Nc1ccccc1[N+](=O)[O-])c1ccccc1)c1ccccc1. The van der Waals surface area contributed by atoms with E-state index in [2.05, 4.69) is 5.32 Å². The maximum Gasteiger partial charge on any atom is 0.292 e. The highest BCUT2D eigenvalue weighted by Crippen LogP contribution is 2.30. The molecule has 0 fully saturated rings. The number of carbonyl (C=O) groups excluding carboxylic acids is 1. The Morgan fingerprint density at radius 3 is 2.12 bits per heavy atom. The number of hydrogen-bond donors (Lipinski definition) is 1. The van der Waals surface area contributed by atoms with Gasteiger partial charge in [-0.25, -0.2) is 0 Å². The van der Waals surface area contributed by atoms with Crippen LogP contribution < -0.4 is 5.32 Å². The van der Waals surface area contributed by atoms with Crippen molar-refractivity contribution in [2.45, 2.75) is 12.5 Å². The van der Waals surface area contributed by atoms with E-state index >= 15 is 0 Å². The molecule has 3 aromatic rings. The maximum atomic E-state index is 12.7. The summed E-state index contributed by atoms with van der Waals surface area (Å²) in [6.07, 6.45) is 0.195. The predicted octanol–water partition coefficient (Wildman–Crippen LogP) is 5.02. The van der Waals surface area contributed by atoms with Crippen molar-refractivity contribution in [2.24, 2.45) is 0 Å². The summed E-state index contributed by atoms with van der Waals surface area (Å²) in [7, 11) is 0. The smallest absolute Gasteiger partial charge is 0.292 e. The third kappa shape index (κ3) is 4.13. The first-order valence-electron chi connectivity index (χ1n) is 8.28. The van der Waals surface area contributed by atoms with Gasteiger partial charge in [-0.1, -0.05) is 72.8 Å². The first-order chi connectivity index (χ1) is 12.6. The van der Waals surface area contributed by atoms with Crippen molar-refractivity contribution in [3.63, 3.8) is 0 Å². The van der Waals surface area contributed by atoms with Crippen molar-refractivity contribution >= 4 is 17.2 Å². The average Bonchev–Trinajstić information content (AvgIpc) is 2.69. The van der Waals surface area contributed by atoms with E-state index in [4.69, 9.17) is 0 Å². The largest absolute Gasteiger partial charge is 0.372 e. The quantitative estimate of drug-likeness (QED) is 0.370. The topological polar surface area (TPSA) is 72.2 Å². The lowest BCUT2D eigenvalue weighted by Gasteiger charge is -2.20. The second-order valence-electron chi connectivity index (χ2n) is 5.88. The molecule has 5 heteroatoms. The number of benzene rings is 3. The molecule has 1 N–H and O–H groups in total. The van der Waals surface area contributed by atoms with E-state index in [1.165, 1.54) is 6.07 Å². The van der Waals surface area contributed by atoms with Gasteiger partial charge in [-0.05, 0) is 11.6 Å². The monoisotopic (exact) mass is 346 g/mol. The Bertz CT molecular complexity index is 895. The molecule has 3 rings (SSSR count). The molecule has 1 atom stereocenters. The average molecular weight is 346 g/mol. The Morgan fingerprint density at radius 1 is 0.885 bits per heavy atom. The first-order valence-corrected chi connectivity index (χ1v) is 8.28. The van der Waals surface area contributed by atoms with Crippen LogP contribution in [-0.4, -0.2) is 10.7 Å². The van der Waals surface area contributed by atoms with Gasteiger partial charge in [0.15, 0.2) is 5.78 Å². The molecule has 0 saturated heterocycles. The van der Waals surface area contributed by atoms with Crippen molar-refractivity contribution in [1.29, 1.82) is 0 Å². The molecule has 0 aliphatic carbocycles. The van der Waals surface area contributed by atoms with Gasteiger partial charge in [-0.15, -0.1) is 0 Å². The van der Waals surface area contributed by atoms with Crippen LogP contribution >= 0.6 is 0 Å². The number of Topliss-reactive ketones (excluding diaryl/α,β-unsaturated/α-hetero) is 1. The van der Waals surface area contributed by atoms with E-state index in [0.717, 1.165) is 5.56 Å². The van der Waals surface area contributed by atoms with Crippen LogP contribution in [0, 0.1) is 10.1 Å². The number of nitro groups is 1. The van der Waals surface area contributed by atoms with Crippen LogP contribution in [0.4, 0.5) is 11.4 Å². The van der Waals surface area contributed by atoms with Gasteiger partial charge in [0.05, 0.1) is 11.0 Å². The standard InChI is InChI=1S/C21H18N2O3/c24-21(17-11-5-2-6-12-17)15-19(16-9-3-1-4-10-16)22-18-13-7-8-14-20(18)23(25)26/h1-14,19,22H,15H2/t19-/m1/s1. The Balaban J connectivity index is 1.90. The summed E-state index contributed by atoms with van der Waals surface area (Å²) in [6.45, 7) is 0. The van der Waals surface area contributed by atoms with Gasteiger partial charge in [-0.3, -0.25) is 14.9 Å². The summed E-state index contributed by atoms with van der Waals surface area (Å²) < 4.78 is 0. The molecule has 0 unspecified atom stereocenters. The molecule has 130 valence electrons. The van der Waals surface area contributed by atoms with E-state index in [9.17, 15) is 14.9 Å². The molecule has 26 heavy (non-hydrogen) atoms. The fraction of sp³-hybridized carbons (Fsp3) is 0.0952. The molecule has 0 aromatic heterocycles. The van der Waals surface area contributed by atoms with Crippen molar-refractivity contribution in [1.82, 2.24) is 0 Å². The van der Waals surface area contributed by atoms with E-state index < -0.39 is 4.92 Å². The molecule has 0 heterocycles. The zero-order chi connectivity index (χ0) is 18.4. The lowest BCUT2D eigenvalue weighted by Crippen LogP contribution is -2.16. The maximum absolute atomic E-state index is 12.7. The summed E-state index contributed by atoms with van der Waals surface area (Å²) in [6, 6.07) is 24.6. The molecule has 0 amide bonds. The van der Waals surface area contributed by atoms with Crippen LogP contribution in [0.25, 0.3) is 0 Å². The molecule has 0 radical (unpaired) electrons. The first kappa shape index (κ1) is 17.4. The number of hydrogen-bond acceptors (Lipinski definition) is 4. The van der Waals surface area contributed by atoms with Crippen LogP contribution in [-0.2, 0) is 0 Å². The minimum absolute atomic E-state index is 0.0133. The Kier molecular flexibility index (Phi) is 5.39. The third-order valence-electron chi connectivity index (χ3n) is 4.12. The molecule has 0 aliphatic rings. The van der Waals surface area contributed by atoms with Gasteiger partial charge in [0.2, 0.25) is 0 Å². The number of ketones is 1. The number of para-hydroxylation sites is 2. The number of carbonyl (C=O) groups is 1. The molecular weight excluding hydrogens is 328 g/mol. The van der Waals surface area contributed by atoms with Crippen LogP contribution in [0.15, 0.2) is 84.9 Å². The van der Waals surface area contributed by atoms with E-state index in [-0.39, 0.29) is 23.9 Å². The van der Waals surface area contributed by atoms with Crippen LogP contribution in [0.2, 0.25) is 0 Å². The van der Waals surface area contributed by atoms with Gasteiger partial charge in [0.1, 0.15) is 5.69 Å². The molecule has 0 saturated carbocycles. The molecule has 3 aromatic carbocycles. The van der Waals surface area contributed by atoms with E-state index in [0.29, 0.717) is 11.3 Å². The molecule has 5 nitrogen and oxygen atoms in total. The summed E-state index contributed by atoms with van der Waals surface area (Å²) in [5, 5.41) is 14.5. The second kappa shape index (κ2) is 8.07. The highest BCUT2D eigenvalue weighted by atomic mass is 16.6. The molecule has 0 aliphatic heterocycles. The van der Waals surface area contributed by atoms with Crippen molar-refractivity contribution in [3.8, 4) is 0 Å². The van der Waals surface area contributed by atoms with Gasteiger partial charge in [0, 0.05) is 18.1 Å². The minimum atomic E-state index is -0.427. The Morgan fingerprint density at radius 2 is 1.46 bits per heavy atom. The summed E-state index contributed by atoms with van der Waals surface area (Å²) >= 11 is 0. The van der Waals surface area contributed by atoms with Gasteiger partial charge >= 0.3 is 0 Å². The number of rotatable bonds is 7. The predicted molar refractivity (Wildman–Crippen MR) is 101 cm³/mol. The normalized spacial score (nSPS) is 11.5. The van der Waals surface area contributed by atoms with Gasteiger partial charge < -0.3 is 5.32 Å². The van der Waals surface area contributed by atoms with Crippen molar-refractivity contribution < 1.29 is 9.72 Å². The Hall–Kier alpha value is -3.47. The number of nitro benzene ring substituents is 1. The van der Waals surface area contributed by atoms with Gasteiger partial charge in [-0.2, -0.15) is 0 Å². The highest BCUT2D eigenvalue weighted by Gasteiger charge is 2.21. The van der Waals surface area contributed by atoms with Crippen LogP contribution in [0.1, 0.15) is 28.4 Å². The van der Waals surface area contributed by atoms with Crippen LogP contribution in [0.3, 0.4) is 0 Å². The Labute approximate surface area is 151 Å². The number of nitrogens with zero attached hydrogens (tertiary/aromatic N) is 1. The summed E-state index contributed by atoms with van der Waals surface area (Å²) in [4.78, 5) is 23.5. The number of anilines is 1. The zero-order valence-corrected chi connectivity index (χ0v) is 14.0. The fourth-order valence-electron chi connectivity index (χ4n) is 2.81. The molecular formula is C21H18N2O3. The molecule has 0 bridgehead atoms. The van der Waals surface area contributed by atoms with Crippen LogP contribution in [0.5, 0.6) is 0 Å². The number of nitrogens with one attached hydrogen (secondary N) is 1. The van der Waals surface area contributed by atoms with E-state index in [1.807, 2.05) is 48.5 Å².